The van der Waals surface area contributed by atoms with Gasteiger partial charge in [-0.25, -0.2) is 9.97 Å². The average Bonchev–Trinajstić information content (AvgIpc) is 2.25. The van der Waals surface area contributed by atoms with E-state index >= 15 is 0 Å². The summed E-state index contributed by atoms with van der Waals surface area (Å²) in [6, 6.07) is 5.29. The number of hydrogen-bond donors (Lipinski definition) is 0. The number of halogens is 5. The van der Waals surface area contributed by atoms with Gasteiger partial charge in [-0.1, -0.05) is 34.8 Å². The maximum Gasteiger partial charge on any atom is 0.163 e. The molecule has 7 heteroatoms. The molecule has 0 bridgehead atoms. The van der Waals surface area contributed by atoms with Gasteiger partial charge in [0.15, 0.2) is 5.82 Å². The quantitative estimate of drug-likeness (QED) is 0.563. The third-order valence-corrected chi connectivity index (χ3v) is 4.59. The van der Waals surface area contributed by atoms with E-state index in [1.54, 1.807) is 18.2 Å². The van der Waals surface area contributed by atoms with Crippen LogP contribution in [0.2, 0.25) is 15.3 Å². The van der Waals surface area contributed by atoms with Gasteiger partial charge in [-0.3, -0.25) is 0 Å². The van der Waals surface area contributed by atoms with Gasteiger partial charge < -0.3 is 0 Å². The van der Waals surface area contributed by atoms with E-state index < -0.39 is 0 Å². The minimum absolute atomic E-state index is 0.266. The molecule has 0 unspecified atom stereocenters. The highest BCUT2D eigenvalue weighted by molar-refractivity contribution is 9.11. The molecule has 0 aliphatic carbocycles. The van der Waals surface area contributed by atoms with Crippen LogP contribution in [0.5, 0.6) is 0 Å². The number of rotatable bonds is 1. The third-order valence-electron chi connectivity index (χ3n) is 1.94. The molecule has 0 radical (unpaired) electrons. The topological polar surface area (TPSA) is 25.8 Å². The van der Waals surface area contributed by atoms with Crippen molar-refractivity contribution in [2.45, 2.75) is 0 Å². The Morgan fingerprint density at radius 1 is 0.941 bits per heavy atom. The first kappa shape index (κ1) is 13.6. The van der Waals surface area contributed by atoms with Crippen molar-refractivity contribution in [3.8, 4) is 11.4 Å². The van der Waals surface area contributed by atoms with Crippen molar-refractivity contribution in [3.05, 3.63) is 42.5 Å². The van der Waals surface area contributed by atoms with E-state index in [0.29, 0.717) is 15.3 Å². The lowest BCUT2D eigenvalue weighted by atomic mass is 10.2. The van der Waals surface area contributed by atoms with Crippen molar-refractivity contribution < 1.29 is 0 Å². The molecule has 1 heterocycles. The molecule has 0 aliphatic heterocycles. The standard InChI is InChI=1S/C10H3Br2Cl3N2/c11-6-3-4(13)1-2-5(6)10-16-8(14)7(12)9(15)17-10/h1-3H. The number of hydrogen-bond acceptors (Lipinski definition) is 2. The minimum Gasteiger partial charge on any atom is -0.215 e. The van der Waals surface area contributed by atoms with Crippen LogP contribution in [0.15, 0.2) is 27.1 Å². The molecule has 0 atom stereocenters. The van der Waals surface area contributed by atoms with E-state index in [2.05, 4.69) is 41.8 Å². The van der Waals surface area contributed by atoms with Gasteiger partial charge >= 0.3 is 0 Å². The van der Waals surface area contributed by atoms with E-state index in [1.807, 2.05) is 0 Å². The van der Waals surface area contributed by atoms with Gasteiger partial charge in [0.2, 0.25) is 0 Å². The Morgan fingerprint density at radius 2 is 1.53 bits per heavy atom. The van der Waals surface area contributed by atoms with Gasteiger partial charge in [0.25, 0.3) is 0 Å². The van der Waals surface area contributed by atoms with Crippen LogP contribution in [-0.2, 0) is 0 Å². The molecule has 17 heavy (non-hydrogen) atoms. The van der Waals surface area contributed by atoms with Crippen molar-refractivity contribution >= 4 is 66.7 Å². The summed E-state index contributed by atoms with van der Waals surface area (Å²) in [5.74, 6) is 0.437. The highest BCUT2D eigenvalue weighted by atomic mass is 79.9. The first-order valence-corrected chi connectivity index (χ1v) is 7.05. The predicted octanol–water partition coefficient (Wildman–Crippen LogP) is 5.63. The van der Waals surface area contributed by atoms with Crippen molar-refractivity contribution in [3.63, 3.8) is 0 Å². The summed E-state index contributed by atoms with van der Waals surface area (Å²) in [6.07, 6.45) is 0. The van der Waals surface area contributed by atoms with Crippen LogP contribution in [0, 0.1) is 0 Å². The van der Waals surface area contributed by atoms with E-state index in [9.17, 15) is 0 Å². The second-order valence-corrected chi connectivity index (χ2v) is 5.87. The van der Waals surface area contributed by atoms with Crippen molar-refractivity contribution in [1.82, 2.24) is 9.97 Å². The zero-order valence-electron chi connectivity index (χ0n) is 8.02. The first-order valence-electron chi connectivity index (χ1n) is 4.33. The van der Waals surface area contributed by atoms with Crippen LogP contribution < -0.4 is 0 Å². The van der Waals surface area contributed by atoms with Crippen LogP contribution in [0.4, 0.5) is 0 Å². The average molecular weight is 417 g/mol. The number of aromatic nitrogens is 2. The molecule has 2 rings (SSSR count). The van der Waals surface area contributed by atoms with Crippen LogP contribution in [0.3, 0.4) is 0 Å². The van der Waals surface area contributed by atoms with Gasteiger partial charge in [-0.15, -0.1) is 0 Å². The highest BCUT2D eigenvalue weighted by Gasteiger charge is 2.12. The van der Waals surface area contributed by atoms with E-state index in [-0.39, 0.29) is 10.3 Å². The van der Waals surface area contributed by atoms with Gasteiger partial charge in [0, 0.05) is 15.1 Å². The molecule has 2 aromatic rings. The lowest BCUT2D eigenvalue weighted by molar-refractivity contribution is 1.16. The number of benzene rings is 1. The van der Waals surface area contributed by atoms with Crippen molar-refractivity contribution in [2.24, 2.45) is 0 Å². The summed E-state index contributed by atoms with van der Waals surface area (Å²) in [4.78, 5) is 8.29. The summed E-state index contributed by atoms with van der Waals surface area (Å²) in [6.45, 7) is 0. The molecular formula is C10H3Br2Cl3N2. The predicted molar refractivity (Wildman–Crippen MR) is 77.9 cm³/mol. The molecule has 0 fully saturated rings. The minimum atomic E-state index is 0.266. The van der Waals surface area contributed by atoms with Crippen LogP contribution in [0.25, 0.3) is 11.4 Å². The summed E-state index contributed by atoms with van der Waals surface area (Å²) < 4.78 is 1.26. The molecule has 88 valence electrons. The SMILES string of the molecule is Clc1ccc(-c2nc(Cl)c(Br)c(Cl)n2)c(Br)c1. The molecule has 0 saturated heterocycles. The smallest absolute Gasteiger partial charge is 0.163 e. The second kappa shape index (κ2) is 5.41. The third kappa shape index (κ3) is 2.93. The van der Waals surface area contributed by atoms with Crippen molar-refractivity contribution in [2.75, 3.05) is 0 Å². The molecule has 2 nitrogen and oxygen atoms in total. The Morgan fingerprint density at radius 3 is 2.06 bits per heavy atom. The maximum atomic E-state index is 5.93. The van der Waals surface area contributed by atoms with Crippen LogP contribution >= 0.6 is 66.7 Å². The molecule has 0 saturated carbocycles. The van der Waals surface area contributed by atoms with Crippen molar-refractivity contribution in [1.29, 1.82) is 0 Å². The molecule has 1 aromatic carbocycles. The lowest BCUT2D eigenvalue weighted by Crippen LogP contribution is -1.92. The molecule has 1 aromatic heterocycles. The monoisotopic (exact) mass is 414 g/mol. The summed E-state index contributed by atoms with van der Waals surface area (Å²) in [5.41, 5.74) is 0.769. The highest BCUT2D eigenvalue weighted by Crippen LogP contribution is 2.33. The zero-order chi connectivity index (χ0) is 12.6. The normalized spacial score (nSPS) is 10.6. The Balaban J connectivity index is 2.61. The van der Waals surface area contributed by atoms with Gasteiger partial charge in [0.05, 0.1) is 4.47 Å². The Hall–Kier alpha value is 0.130. The van der Waals surface area contributed by atoms with Crippen LogP contribution in [0.1, 0.15) is 0 Å². The van der Waals surface area contributed by atoms with Gasteiger partial charge in [-0.05, 0) is 50.1 Å². The Kier molecular flexibility index (Phi) is 4.31. The van der Waals surface area contributed by atoms with Crippen LogP contribution in [-0.4, -0.2) is 9.97 Å². The number of nitrogens with zero attached hydrogens (tertiary/aromatic N) is 2. The molecule has 0 N–H and O–H groups in total. The van der Waals surface area contributed by atoms with E-state index in [1.165, 1.54) is 0 Å². The fraction of sp³-hybridized carbons (Fsp3) is 0. The fourth-order valence-corrected chi connectivity index (χ4v) is 2.61. The summed E-state index contributed by atoms with van der Waals surface area (Å²) in [7, 11) is 0. The maximum absolute atomic E-state index is 5.93. The summed E-state index contributed by atoms with van der Waals surface area (Å²) in [5, 5.41) is 1.15. The summed E-state index contributed by atoms with van der Waals surface area (Å²) >= 11 is 24.3. The molecule has 0 spiro atoms. The lowest BCUT2D eigenvalue weighted by Gasteiger charge is -2.06. The molecular weight excluding hydrogens is 414 g/mol. The Bertz CT molecular complexity index is 567. The molecule has 0 aliphatic rings. The second-order valence-electron chi connectivity index (χ2n) is 3.07. The fourth-order valence-electron chi connectivity index (χ4n) is 1.19. The first-order chi connectivity index (χ1) is 7.99. The largest absolute Gasteiger partial charge is 0.215 e. The molecule has 0 amide bonds. The van der Waals surface area contributed by atoms with Gasteiger partial charge in [0.1, 0.15) is 10.3 Å². The Labute approximate surface area is 130 Å². The van der Waals surface area contributed by atoms with Gasteiger partial charge in [-0.2, -0.15) is 0 Å². The van der Waals surface area contributed by atoms with E-state index in [0.717, 1.165) is 10.0 Å². The van der Waals surface area contributed by atoms with E-state index in [4.69, 9.17) is 34.8 Å². The zero-order valence-corrected chi connectivity index (χ0v) is 13.5.